The van der Waals surface area contributed by atoms with Crippen LogP contribution in [0.3, 0.4) is 0 Å². The number of nitrogens with zero attached hydrogens (tertiary/aromatic N) is 2. The molecule has 1 fully saturated rings. The number of rotatable bonds is 2. The Morgan fingerprint density at radius 3 is 2.89 bits per heavy atom. The van der Waals surface area contributed by atoms with Gasteiger partial charge in [0.1, 0.15) is 0 Å². The predicted molar refractivity (Wildman–Crippen MR) is 69.5 cm³/mol. The first-order valence-corrected chi connectivity index (χ1v) is 6.42. The zero-order chi connectivity index (χ0) is 12.5. The summed E-state index contributed by atoms with van der Waals surface area (Å²) in [6.45, 7) is 4.07. The fourth-order valence-electron chi connectivity index (χ4n) is 2.28. The number of hydrogen-bond acceptors (Lipinski definition) is 4. The highest BCUT2D eigenvalue weighted by Crippen LogP contribution is 2.30. The first kappa shape index (κ1) is 11.7. The maximum absolute atomic E-state index is 6.12. The zero-order valence-corrected chi connectivity index (χ0v) is 10.8. The van der Waals surface area contributed by atoms with E-state index in [2.05, 4.69) is 22.4 Å². The second kappa shape index (κ2) is 4.71. The second-order valence-corrected chi connectivity index (χ2v) is 5.09. The highest BCUT2D eigenvalue weighted by Gasteiger charge is 2.29. The zero-order valence-electron chi connectivity index (χ0n) is 10.1. The summed E-state index contributed by atoms with van der Waals surface area (Å²) in [5.74, 6) is 2.08. The maximum Gasteiger partial charge on any atom is 0.231 e. The van der Waals surface area contributed by atoms with Crippen LogP contribution in [0, 0.1) is 5.92 Å². The van der Waals surface area contributed by atoms with Crippen LogP contribution in [0.25, 0.3) is 11.4 Å². The molecule has 0 radical (unpaired) electrons. The van der Waals surface area contributed by atoms with Crippen molar-refractivity contribution in [1.82, 2.24) is 15.5 Å². The highest BCUT2D eigenvalue weighted by molar-refractivity contribution is 6.33. The van der Waals surface area contributed by atoms with Crippen LogP contribution in [0.1, 0.15) is 18.7 Å². The van der Waals surface area contributed by atoms with Crippen LogP contribution in [-0.2, 0) is 0 Å². The van der Waals surface area contributed by atoms with Gasteiger partial charge in [-0.05, 0) is 24.6 Å². The van der Waals surface area contributed by atoms with Crippen molar-refractivity contribution in [3.8, 4) is 11.4 Å². The van der Waals surface area contributed by atoms with E-state index in [4.69, 9.17) is 16.1 Å². The van der Waals surface area contributed by atoms with Gasteiger partial charge < -0.3 is 9.84 Å². The molecule has 0 spiro atoms. The van der Waals surface area contributed by atoms with Gasteiger partial charge in [0.15, 0.2) is 0 Å². The molecule has 1 aromatic carbocycles. The number of benzene rings is 1. The molecule has 2 heterocycles. The minimum atomic E-state index is 0.300. The monoisotopic (exact) mass is 263 g/mol. The molecule has 0 bridgehead atoms. The van der Waals surface area contributed by atoms with E-state index >= 15 is 0 Å². The van der Waals surface area contributed by atoms with Crippen molar-refractivity contribution < 1.29 is 4.52 Å². The van der Waals surface area contributed by atoms with Gasteiger partial charge in [-0.2, -0.15) is 4.98 Å². The summed E-state index contributed by atoms with van der Waals surface area (Å²) in [6.07, 6.45) is 0. The number of aromatic nitrogens is 2. The van der Waals surface area contributed by atoms with Crippen molar-refractivity contribution in [3.05, 3.63) is 35.2 Å². The molecule has 2 aromatic rings. The lowest BCUT2D eigenvalue weighted by atomic mass is 9.98. The molecule has 1 aliphatic rings. The van der Waals surface area contributed by atoms with Crippen LogP contribution >= 0.6 is 11.6 Å². The Kier molecular flexibility index (Phi) is 3.06. The Morgan fingerprint density at radius 2 is 2.17 bits per heavy atom. The van der Waals surface area contributed by atoms with E-state index in [0.29, 0.717) is 28.6 Å². The normalized spacial score (nSPS) is 23.4. The Balaban J connectivity index is 1.92. The van der Waals surface area contributed by atoms with Gasteiger partial charge in [-0.3, -0.25) is 0 Å². The van der Waals surface area contributed by atoms with Crippen LogP contribution in [0.5, 0.6) is 0 Å². The van der Waals surface area contributed by atoms with Crippen molar-refractivity contribution in [2.75, 3.05) is 13.1 Å². The smallest absolute Gasteiger partial charge is 0.231 e. The standard InChI is InChI=1S/C13H14ClN3O/c1-8-6-15-7-10(8)13-16-12(17-18-13)9-4-2-3-5-11(9)14/h2-5,8,10,15H,6-7H2,1H3. The first-order valence-electron chi connectivity index (χ1n) is 6.05. The summed E-state index contributed by atoms with van der Waals surface area (Å²) in [6, 6.07) is 7.52. The largest absolute Gasteiger partial charge is 0.339 e. The average Bonchev–Trinajstić information content (AvgIpc) is 2.98. The topological polar surface area (TPSA) is 51.0 Å². The lowest BCUT2D eigenvalue weighted by molar-refractivity contribution is 0.340. The third kappa shape index (κ3) is 2.02. The van der Waals surface area contributed by atoms with Gasteiger partial charge in [0.25, 0.3) is 0 Å². The summed E-state index contributed by atoms with van der Waals surface area (Å²) >= 11 is 6.12. The fourth-order valence-corrected chi connectivity index (χ4v) is 2.50. The molecule has 1 N–H and O–H groups in total. The number of nitrogens with one attached hydrogen (secondary N) is 1. The predicted octanol–water partition coefficient (Wildman–Crippen LogP) is 2.71. The molecule has 18 heavy (non-hydrogen) atoms. The molecule has 0 saturated carbocycles. The number of halogens is 1. The molecule has 1 saturated heterocycles. The summed E-state index contributed by atoms with van der Waals surface area (Å²) < 4.78 is 5.37. The van der Waals surface area contributed by atoms with E-state index in [1.165, 1.54) is 0 Å². The third-order valence-corrected chi connectivity index (χ3v) is 3.72. The Morgan fingerprint density at radius 1 is 1.33 bits per heavy atom. The number of hydrogen-bond donors (Lipinski definition) is 1. The highest BCUT2D eigenvalue weighted by atomic mass is 35.5. The summed E-state index contributed by atoms with van der Waals surface area (Å²) in [4.78, 5) is 4.47. The minimum absolute atomic E-state index is 0.300. The molecule has 2 atom stereocenters. The molecule has 1 aliphatic heterocycles. The Hall–Kier alpha value is -1.39. The molecule has 0 amide bonds. The van der Waals surface area contributed by atoms with Crippen molar-refractivity contribution in [2.24, 2.45) is 5.92 Å². The molecular weight excluding hydrogens is 250 g/mol. The first-order chi connectivity index (χ1) is 8.75. The van der Waals surface area contributed by atoms with E-state index in [1.54, 1.807) is 0 Å². The van der Waals surface area contributed by atoms with Gasteiger partial charge in [-0.1, -0.05) is 35.8 Å². The molecule has 94 valence electrons. The summed E-state index contributed by atoms with van der Waals surface area (Å²) in [7, 11) is 0. The van der Waals surface area contributed by atoms with Crippen LogP contribution < -0.4 is 5.32 Å². The molecule has 3 rings (SSSR count). The van der Waals surface area contributed by atoms with Crippen LogP contribution in [-0.4, -0.2) is 23.2 Å². The lowest BCUT2D eigenvalue weighted by Crippen LogP contribution is -2.08. The van der Waals surface area contributed by atoms with E-state index in [9.17, 15) is 0 Å². The van der Waals surface area contributed by atoms with Crippen LogP contribution in [0.4, 0.5) is 0 Å². The molecule has 5 heteroatoms. The molecule has 4 nitrogen and oxygen atoms in total. The van der Waals surface area contributed by atoms with Crippen molar-refractivity contribution in [2.45, 2.75) is 12.8 Å². The Labute approximate surface area is 110 Å². The summed E-state index contributed by atoms with van der Waals surface area (Å²) in [5.41, 5.74) is 0.813. The van der Waals surface area contributed by atoms with Crippen molar-refractivity contribution >= 4 is 11.6 Å². The van der Waals surface area contributed by atoms with E-state index in [-0.39, 0.29) is 0 Å². The van der Waals surface area contributed by atoms with E-state index < -0.39 is 0 Å². The van der Waals surface area contributed by atoms with Gasteiger partial charge in [-0.25, -0.2) is 0 Å². The van der Waals surface area contributed by atoms with Crippen molar-refractivity contribution in [1.29, 1.82) is 0 Å². The van der Waals surface area contributed by atoms with E-state index in [0.717, 1.165) is 18.7 Å². The van der Waals surface area contributed by atoms with E-state index in [1.807, 2.05) is 24.3 Å². The van der Waals surface area contributed by atoms with Gasteiger partial charge in [-0.15, -0.1) is 0 Å². The second-order valence-electron chi connectivity index (χ2n) is 4.68. The average molecular weight is 264 g/mol. The molecular formula is C13H14ClN3O. The SMILES string of the molecule is CC1CNCC1c1nc(-c2ccccc2Cl)no1. The molecule has 0 aliphatic carbocycles. The molecule has 1 aromatic heterocycles. The maximum atomic E-state index is 6.12. The van der Waals surface area contributed by atoms with Gasteiger partial charge in [0.05, 0.1) is 10.9 Å². The van der Waals surface area contributed by atoms with Gasteiger partial charge in [0.2, 0.25) is 11.7 Å². The quantitative estimate of drug-likeness (QED) is 0.905. The lowest BCUT2D eigenvalue weighted by Gasteiger charge is -2.07. The van der Waals surface area contributed by atoms with Gasteiger partial charge in [0, 0.05) is 12.1 Å². The minimum Gasteiger partial charge on any atom is -0.339 e. The van der Waals surface area contributed by atoms with Gasteiger partial charge >= 0.3 is 0 Å². The van der Waals surface area contributed by atoms with Crippen LogP contribution in [0.2, 0.25) is 5.02 Å². The van der Waals surface area contributed by atoms with Crippen LogP contribution in [0.15, 0.2) is 28.8 Å². The third-order valence-electron chi connectivity index (χ3n) is 3.39. The van der Waals surface area contributed by atoms with Crippen molar-refractivity contribution in [3.63, 3.8) is 0 Å². The Bertz CT molecular complexity index is 555. The molecule has 2 unspecified atom stereocenters. The summed E-state index contributed by atoms with van der Waals surface area (Å²) in [5, 5.41) is 8.00. The fraction of sp³-hybridized carbons (Fsp3) is 0.385.